The van der Waals surface area contributed by atoms with Crippen LogP contribution in [0.25, 0.3) is 0 Å². The van der Waals surface area contributed by atoms with E-state index in [0.29, 0.717) is 12.8 Å². The van der Waals surface area contributed by atoms with E-state index in [0.717, 1.165) is 70.6 Å². The molecule has 0 aromatic carbocycles. The zero-order valence-electron chi connectivity index (χ0n) is 41.8. The average Bonchev–Trinajstić information content (AvgIpc) is 3.29. The van der Waals surface area contributed by atoms with Crippen LogP contribution in [-0.2, 0) is 4.79 Å². The highest BCUT2D eigenvalue weighted by Gasteiger charge is 2.20. The predicted molar refractivity (Wildman–Crippen MR) is 280 cm³/mol. The van der Waals surface area contributed by atoms with Crippen LogP contribution in [0.4, 0.5) is 0 Å². The van der Waals surface area contributed by atoms with Crippen LogP contribution in [0.3, 0.4) is 0 Å². The maximum absolute atomic E-state index is 12.5. The Morgan fingerprint density at radius 2 is 0.698 bits per heavy atom. The lowest BCUT2D eigenvalue weighted by Crippen LogP contribution is -2.45. The van der Waals surface area contributed by atoms with Crippen LogP contribution in [0.2, 0.25) is 0 Å². The third-order valence-electron chi connectivity index (χ3n) is 12.2. The predicted octanol–water partition coefficient (Wildman–Crippen LogP) is 18.0. The number of hydrogen-bond donors (Lipinski definition) is 3. The number of aliphatic hydroxyl groups is 2. The third-order valence-corrected chi connectivity index (χ3v) is 12.2. The Bertz CT molecular complexity index is 1130. The average molecular weight is 876 g/mol. The normalized spacial score (nSPS) is 13.5. The van der Waals surface area contributed by atoms with Gasteiger partial charge in [-0.15, -0.1) is 0 Å². The molecule has 0 aliphatic rings. The lowest BCUT2D eigenvalue weighted by molar-refractivity contribution is -0.123. The fraction of sp³-hybridized carbons (Fsp3) is 0.746. The highest BCUT2D eigenvalue weighted by molar-refractivity contribution is 5.76. The molecular weight excluding hydrogens is 771 g/mol. The Kier molecular flexibility index (Phi) is 51.8. The molecule has 0 radical (unpaired) electrons. The summed E-state index contributed by atoms with van der Waals surface area (Å²) in [5.41, 5.74) is 0. The van der Waals surface area contributed by atoms with Crippen LogP contribution in [-0.4, -0.2) is 34.9 Å². The molecule has 0 fully saturated rings. The minimum Gasteiger partial charge on any atom is -0.394 e. The lowest BCUT2D eigenvalue weighted by Gasteiger charge is -2.22. The van der Waals surface area contributed by atoms with Crippen LogP contribution < -0.4 is 5.32 Å². The summed E-state index contributed by atoms with van der Waals surface area (Å²) >= 11 is 0. The number of carbonyl (C=O) groups is 1. The van der Waals surface area contributed by atoms with Gasteiger partial charge < -0.3 is 15.5 Å². The van der Waals surface area contributed by atoms with Gasteiger partial charge in [0.1, 0.15) is 0 Å². The van der Waals surface area contributed by atoms with Gasteiger partial charge in [-0.25, -0.2) is 0 Å². The van der Waals surface area contributed by atoms with E-state index in [1.54, 1.807) is 0 Å². The van der Waals surface area contributed by atoms with Crippen molar-refractivity contribution < 1.29 is 15.0 Å². The van der Waals surface area contributed by atoms with Crippen molar-refractivity contribution >= 4 is 5.91 Å². The summed E-state index contributed by atoms with van der Waals surface area (Å²) in [4.78, 5) is 12.5. The van der Waals surface area contributed by atoms with Gasteiger partial charge >= 0.3 is 0 Å². The molecule has 63 heavy (non-hydrogen) atoms. The van der Waals surface area contributed by atoms with E-state index in [1.807, 2.05) is 0 Å². The van der Waals surface area contributed by atoms with Gasteiger partial charge in [-0.2, -0.15) is 0 Å². The van der Waals surface area contributed by atoms with Gasteiger partial charge in [0, 0.05) is 6.42 Å². The number of rotatable bonds is 49. The molecule has 2 unspecified atom stereocenters. The molecule has 0 spiro atoms. The number of nitrogens with one attached hydrogen (secondary N) is 1. The SMILES string of the molecule is CC/C=C\C/C=C\C/C=C\C/C=C\C/C=C\C/C=C\C/C=C\CCCCCCCCCCCC(=O)NC(CO)C(O)CCCCCCCCCCCCCCCCCCCCCC. The summed E-state index contributed by atoms with van der Waals surface area (Å²) in [5, 5.41) is 23.3. The van der Waals surface area contributed by atoms with Gasteiger partial charge in [-0.1, -0.05) is 272 Å². The second kappa shape index (κ2) is 53.9. The van der Waals surface area contributed by atoms with Crippen molar-refractivity contribution in [2.24, 2.45) is 0 Å². The van der Waals surface area contributed by atoms with Crippen molar-refractivity contribution in [1.82, 2.24) is 5.32 Å². The summed E-state index contributed by atoms with van der Waals surface area (Å²) < 4.78 is 0. The van der Waals surface area contributed by atoms with Crippen LogP contribution in [0.5, 0.6) is 0 Å². The van der Waals surface area contributed by atoms with Crippen molar-refractivity contribution in [3.8, 4) is 0 Å². The van der Waals surface area contributed by atoms with Gasteiger partial charge in [-0.05, 0) is 70.6 Å². The van der Waals surface area contributed by atoms with Crippen LogP contribution in [0, 0.1) is 0 Å². The van der Waals surface area contributed by atoms with Gasteiger partial charge in [0.15, 0.2) is 0 Å². The molecule has 4 heteroatoms. The van der Waals surface area contributed by atoms with E-state index < -0.39 is 12.1 Å². The first-order valence-electron chi connectivity index (χ1n) is 27.3. The maximum atomic E-state index is 12.5. The van der Waals surface area contributed by atoms with Crippen LogP contribution in [0.15, 0.2) is 85.1 Å². The van der Waals surface area contributed by atoms with Crippen molar-refractivity contribution in [2.45, 2.75) is 276 Å². The molecule has 2 atom stereocenters. The van der Waals surface area contributed by atoms with Crippen molar-refractivity contribution in [2.75, 3.05) is 6.61 Å². The third kappa shape index (κ3) is 50.4. The van der Waals surface area contributed by atoms with E-state index in [4.69, 9.17) is 0 Å². The van der Waals surface area contributed by atoms with Crippen molar-refractivity contribution in [3.05, 3.63) is 85.1 Å². The van der Waals surface area contributed by atoms with E-state index >= 15 is 0 Å². The van der Waals surface area contributed by atoms with Crippen LogP contribution >= 0.6 is 0 Å². The Morgan fingerprint density at radius 3 is 1.05 bits per heavy atom. The summed E-state index contributed by atoms with van der Waals surface area (Å²) in [6, 6.07) is -0.545. The van der Waals surface area contributed by atoms with Gasteiger partial charge in [0.25, 0.3) is 0 Å². The van der Waals surface area contributed by atoms with E-state index in [-0.39, 0.29) is 12.5 Å². The van der Waals surface area contributed by atoms with E-state index in [2.05, 4.69) is 104 Å². The molecule has 4 nitrogen and oxygen atoms in total. The second-order valence-corrected chi connectivity index (χ2v) is 18.3. The van der Waals surface area contributed by atoms with Crippen molar-refractivity contribution in [1.29, 1.82) is 0 Å². The molecule has 0 aromatic rings. The fourth-order valence-corrected chi connectivity index (χ4v) is 8.05. The fourth-order valence-electron chi connectivity index (χ4n) is 8.05. The first-order valence-corrected chi connectivity index (χ1v) is 27.3. The monoisotopic (exact) mass is 876 g/mol. The Hall–Kier alpha value is -2.43. The van der Waals surface area contributed by atoms with E-state index in [1.165, 1.54) is 167 Å². The first kappa shape index (κ1) is 60.6. The van der Waals surface area contributed by atoms with E-state index in [9.17, 15) is 15.0 Å². The number of carbonyl (C=O) groups excluding carboxylic acids is 1. The quantitative estimate of drug-likeness (QED) is 0.0421. The Labute approximate surface area is 392 Å². The molecule has 0 aromatic heterocycles. The molecule has 0 heterocycles. The number of amides is 1. The van der Waals surface area contributed by atoms with Gasteiger partial charge in [0.2, 0.25) is 5.91 Å². The molecule has 0 rings (SSSR count). The molecule has 0 bridgehead atoms. The first-order chi connectivity index (χ1) is 31.2. The molecule has 364 valence electrons. The zero-order valence-corrected chi connectivity index (χ0v) is 41.8. The summed E-state index contributed by atoms with van der Waals surface area (Å²) in [6.07, 6.45) is 78.4. The lowest BCUT2D eigenvalue weighted by atomic mass is 10.0. The summed E-state index contributed by atoms with van der Waals surface area (Å²) in [7, 11) is 0. The number of hydrogen-bond acceptors (Lipinski definition) is 3. The topological polar surface area (TPSA) is 69.6 Å². The highest BCUT2D eigenvalue weighted by Crippen LogP contribution is 2.17. The summed E-state index contributed by atoms with van der Waals surface area (Å²) in [5.74, 6) is -0.0389. The summed E-state index contributed by atoms with van der Waals surface area (Å²) in [6.45, 7) is 4.26. The molecule has 1 amide bonds. The minimum atomic E-state index is -0.668. The maximum Gasteiger partial charge on any atom is 0.220 e. The molecule has 0 saturated heterocycles. The largest absolute Gasteiger partial charge is 0.394 e. The van der Waals surface area contributed by atoms with Gasteiger partial charge in [0.05, 0.1) is 18.8 Å². The Balaban J connectivity index is 3.55. The smallest absolute Gasteiger partial charge is 0.220 e. The molecule has 3 N–H and O–H groups in total. The van der Waals surface area contributed by atoms with Crippen molar-refractivity contribution in [3.63, 3.8) is 0 Å². The molecular formula is C59H105NO3. The number of aliphatic hydroxyl groups excluding tert-OH is 2. The molecule has 0 aliphatic heterocycles. The standard InChI is InChI=1S/C59H105NO3/c1-3-5-7-9-11-13-15-17-19-21-23-25-26-27-28-29-30-31-32-33-34-35-37-39-41-43-45-47-49-51-53-55-59(63)60-57(56-61)58(62)54-52-50-48-46-44-42-40-38-36-24-22-20-18-16-14-12-10-8-6-4-2/h5,7,11,13,17,19,23,25,27-28,30-31,33-34,57-58,61-62H,3-4,6,8-10,12,14-16,18,20-22,24,26,29,32,35-56H2,1-2H3,(H,60,63)/b7-5-,13-11-,19-17-,25-23-,28-27-,31-30-,34-33-. The number of unbranched alkanes of at least 4 members (excludes halogenated alkanes) is 28. The minimum absolute atomic E-state index is 0.0389. The molecule has 0 aliphatic carbocycles. The molecule has 0 saturated carbocycles. The highest BCUT2D eigenvalue weighted by atomic mass is 16.3. The Morgan fingerprint density at radius 1 is 0.397 bits per heavy atom. The second-order valence-electron chi connectivity index (χ2n) is 18.3. The van der Waals surface area contributed by atoms with Crippen LogP contribution in [0.1, 0.15) is 264 Å². The number of allylic oxidation sites excluding steroid dienone is 14. The van der Waals surface area contributed by atoms with Gasteiger partial charge in [-0.3, -0.25) is 4.79 Å². The zero-order chi connectivity index (χ0) is 45.6.